The minimum atomic E-state index is 0.516. The lowest BCUT2D eigenvalue weighted by atomic mass is 10.1. The number of pyridine rings is 1. The number of likely N-dealkylation sites (N-methyl/N-ethyl adjacent to an activating group) is 1. The maximum atomic E-state index is 9.54. The highest BCUT2D eigenvalue weighted by atomic mass is 15.1. The van der Waals surface area contributed by atoms with Gasteiger partial charge in [-0.2, -0.15) is 5.26 Å². The monoisotopic (exact) mass is 301 g/mol. The highest BCUT2D eigenvalue weighted by Gasteiger charge is 2.25. The van der Waals surface area contributed by atoms with E-state index in [9.17, 15) is 5.26 Å². The zero-order chi connectivity index (χ0) is 15.8. The fourth-order valence-corrected chi connectivity index (χ4v) is 3.67. The van der Waals surface area contributed by atoms with Gasteiger partial charge >= 0.3 is 0 Å². The van der Waals surface area contributed by atoms with E-state index < -0.39 is 0 Å². The van der Waals surface area contributed by atoms with Gasteiger partial charge in [0.2, 0.25) is 0 Å². The molecule has 0 unspecified atom stereocenters. The van der Waals surface area contributed by atoms with Crippen LogP contribution < -0.4 is 0 Å². The standard InChI is InChI=1S/C20H19N3/c1-22(18-10-15-6-2-3-7-16(15)11-18)13-17-14-23-9-5-4-8-20(23)19(17)12-21/h2-9,14,18H,10-11,13H2,1H3. The van der Waals surface area contributed by atoms with Crippen LogP contribution in [0.15, 0.2) is 54.9 Å². The Morgan fingerprint density at radius 2 is 1.83 bits per heavy atom. The van der Waals surface area contributed by atoms with Gasteiger partial charge in [0.15, 0.2) is 0 Å². The Morgan fingerprint density at radius 1 is 1.13 bits per heavy atom. The molecule has 0 bridgehead atoms. The lowest BCUT2D eigenvalue weighted by Gasteiger charge is -2.23. The Morgan fingerprint density at radius 3 is 2.52 bits per heavy atom. The van der Waals surface area contributed by atoms with Crippen molar-refractivity contribution in [2.45, 2.75) is 25.4 Å². The van der Waals surface area contributed by atoms with Crippen LogP contribution in [0.2, 0.25) is 0 Å². The summed E-state index contributed by atoms with van der Waals surface area (Å²) in [5.41, 5.74) is 5.83. The summed E-state index contributed by atoms with van der Waals surface area (Å²) >= 11 is 0. The molecule has 0 N–H and O–H groups in total. The Bertz CT molecular complexity index is 876. The predicted octanol–water partition coefficient (Wildman–Crippen LogP) is 3.41. The van der Waals surface area contributed by atoms with Crippen molar-refractivity contribution in [3.05, 3.63) is 77.1 Å². The van der Waals surface area contributed by atoms with Crippen molar-refractivity contribution in [3.8, 4) is 6.07 Å². The molecule has 2 aromatic heterocycles. The summed E-state index contributed by atoms with van der Waals surface area (Å²) in [5, 5.41) is 9.54. The number of hydrogen-bond acceptors (Lipinski definition) is 2. The van der Waals surface area contributed by atoms with Crippen molar-refractivity contribution >= 4 is 5.52 Å². The van der Waals surface area contributed by atoms with Gasteiger partial charge < -0.3 is 4.40 Å². The summed E-state index contributed by atoms with van der Waals surface area (Å²) < 4.78 is 2.05. The van der Waals surface area contributed by atoms with Crippen LogP contribution in [-0.4, -0.2) is 22.4 Å². The molecule has 1 aromatic carbocycles. The number of nitriles is 1. The van der Waals surface area contributed by atoms with Gasteiger partial charge in [0.05, 0.1) is 11.1 Å². The molecule has 0 amide bonds. The molecule has 4 rings (SSSR count). The van der Waals surface area contributed by atoms with Gasteiger partial charge in [-0.25, -0.2) is 0 Å². The number of aromatic nitrogens is 1. The maximum Gasteiger partial charge on any atom is 0.102 e. The first-order chi connectivity index (χ1) is 11.3. The van der Waals surface area contributed by atoms with Crippen molar-refractivity contribution in [3.63, 3.8) is 0 Å². The van der Waals surface area contributed by atoms with Crippen LogP contribution >= 0.6 is 0 Å². The number of fused-ring (bicyclic) bond motifs is 2. The molecule has 0 radical (unpaired) electrons. The summed E-state index contributed by atoms with van der Waals surface area (Å²) in [4.78, 5) is 2.38. The van der Waals surface area contributed by atoms with Crippen molar-refractivity contribution in [1.82, 2.24) is 9.30 Å². The van der Waals surface area contributed by atoms with E-state index in [4.69, 9.17) is 0 Å². The van der Waals surface area contributed by atoms with Gasteiger partial charge in [0.1, 0.15) is 6.07 Å². The molecule has 0 spiro atoms. The summed E-state index contributed by atoms with van der Waals surface area (Å²) in [6.07, 6.45) is 6.29. The molecule has 3 nitrogen and oxygen atoms in total. The number of nitrogens with zero attached hydrogens (tertiary/aromatic N) is 3. The second-order valence-electron chi connectivity index (χ2n) is 6.38. The SMILES string of the molecule is CN(Cc1cn2ccccc2c1C#N)C1Cc2ccccc2C1. The van der Waals surface area contributed by atoms with E-state index in [2.05, 4.69) is 48.5 Å². The zero-order valence-corrected chi connectivity index (χ0v) is 13.2. The van der Waals surface area contributed by atoms with Gasteiger partial charge in [-0.3, -0.25) is 4.90 Å². The molecule has 0 atom stereocenters. The largest absolute Gasteiger partial charge is 0.322 e. The molecule has 3 heteroatoms. The molecule has 23 heavy (non-hydrogen) atoms. The van der Waals surface area contributed by atoms with E-state index in [0.717, 1.165) is 36.0 Å². The molecule has 0 saturated heterocycles. The minimum absolute atomic E-state index is 0.516. The van der Waals surface area contributed by atoms with Crippen molar-refractivity contribution < 1.29 is 0 Å². The first-order valence-corrected chi connectivity index (χ1v) is 8.02. The molecule has 3 aromatic rings. The third-order valence-electron chi connectivity index (χ3n) is 4.95. The summed E-state index contributed by atoms with van der Waals surface area (Å²) in [5.74, 6) is 0. The fourth-order valence-electron chi connectivity index (χ4n) is 3.67. The average molecular weight is 301 g/mol. The quantitative estimate of drug-likeness (QED) is 0.742. The second kappa shape index (κ2) is 5.57. The Balaban J connectivity index is 1.58. The van der Waals surface area contributed by atoms with E-state index in [0.29, 0.717) is 6.04 Å². The molecular formula is C20H19N3. The summed E-state index contributed by atoms with van der Waals surface area (Å²) in [7, 11) is 2.17. The molecule has 0 fully saturated rings. The van der Waals surface area contributed by atoms with E-state index in [1.165, 1.54) is 11.1 Å². The molecule has 1 aliphatic rings. The normalized spacial score (nSPS) is 14.3. The lowest BCUT2D eigenvalue weighted by Crippen LogP contribution is -2.31. The van der Waals surface area contributed by atoms with Crippen molar-refractivity contribution in [1.29, 1.82) is 5.26 Å². The van der Waals surface area contributed by atoms with E-state index in [-0.39, 0.29) is 0 Å². The third kappa shape index (κ3) is 2.42. The van der Waals surface area contributed by atoms with Crippen LogP contribution in [0, 0.1) is 11.3 Å². The fraction of sp³-hybridized carbons (Fsp3) is 0.250. The minimum Gasteiger partial charge on any atom is -0.322 e. The van der Waals surface area contributed by atoms with Crippen molar-refractivity contribution in [2.75, 3.05) is 7.05 Å². The van der Waals surface area contributed by atoms with Crippen LogP contribution in [0.4, 0.5) is 0 Å². The molecule has 1 aliphatic carbocycles. The molecule has 114 valence electrons. The smallest absolute Gasteiger partial charge is 0.102 e. The molecular weight excluding hydrogens is 282 g/mol. The zero-order valence-electron chi connectivity index (χ0n) is 13.2. The molecule has 0 saturated carbocycles. The second-order valence-corrected chi connectivity index (χ2v) is 6.38. The van der Waals surface area contributed by atoms with E-state index in [1.54, 1.807) is 0 Å². The Kier molecular flexibility index (Phi) is 3.40. The molecule has 0 aliphatic heterocycles. The van der Waals surface area contributed by atoms with Crippen LogP contribution in [0.5, 0.6) is 0 Å². The first-order valence-electron chi connectivity index (χ1n) is 8.02. The predicted molar refractivity (Wildman–Crippen MR) is 91.2 cm³/mol. The van der Waals surface area contributed by atoms with Crippen LogP contribution in [0.25, 0.3) is 5.52 Å². The van der Waals surface area contributed by atoms with Crippen molar-refractivity contribution in [2.24, 2.45) is 0 Å². The van der Waals surface area contributed by atoms with Gasteiger partial charge in [0, 0.05) is 30.5 Å². The van der Waals surface area contributed by atoms with Gasteiger partial charge in [-0.05, 0) is 43.1 Å². The highest BCUT2D eigenvalue weighted by Crippen LogP contribution is 2.27. The topological polar surface area (TPSA) is 31.4 Å². The number of benzene rings is 1. The van der Waals surface area contributed by atoms with E-state index >= 15 is 0 Å². The highest BCUT2D eigenvalue weighted by molar-refractivity contribution is 5.65. The summed E-state index contributed by atoms with van der Waals surface area (Å²) in [6, 6.07) is 17.6. The van der Waals surface area contributed by atoms with Crippen LogP contribution in [0.1, 0.15) is 22.3 Å². The number of rotatable bonds is 3. The first kappa shape index (κ1) is 14.0. The average Bonchev–Trinajstić information content (AvgIpc) is 3.15. The van der Waals surface area contributed by atoms with Gasteiger partial charge in [-0.1, -0.05) is 30.3 Å². The van der Waals surface area contributed by atoms with Crippen LogP contribution in [-0.2, 0) is 19.4 Å². The summed E-state index contributed by atoms with van der Waals surface area (Å²) in [6.45, 7) is 0.809. The maximum absolute atomic E-state index is 9.54. The Labute approximate surface area is 136 Å². The Hall–Kier alpha value is -2.57. The van der Waals surface area contributed by atoms with E-state index in [1.807, 2.05) is 28.8 Å². The molecule has 2 heterocycles. The third-order valence-corrected chi connectivity index (χ3v) is 4.95. The van der Waals surface area contributed by atoms with Gasteiger partial charge in [0.25, 0.3) is 0 Å². The van der Waals surface area contributed by atoms with Gasteiger partial charge in [-0.15, -0.1) is 0 Å². The lowest BCUT2D eigenvalue weighted by molar-refractivity contribution is 0.241. The number of hydrogen-bond donors (Lipinski definition) is 0. The van der Waals surface area contributed by atoms with Crippen LogP contribution in [0.3, 0.4) is 0 Å².